The van der Waals surface area contributed by atoms with Crippen LogP contribution in [0.15, 0.2) is 27.6 Å². The first-order chi connectivity index (χ1) is 9.22. The van der Waals surface area contributed by atoms with Crippen molar-refractivity contribution in [2.45, 2.75) is 17.4 Å². The van der Waals surface area contributed by atoms with Crippen molar-refractivity contribution < 1.29 is 22.4 Å². The van der Waals surface area contributed by atoms with E-state index in [1.165, 1.54) is 7.05 Å². The van der Waals surface area contributed by atoms with E-state index in [0.29, 0.717) is 0 Å². The minimum Gasteiger partial charge on any atom is -0.284 e. The van der Waals surface area contributed by atoms with Crippen LogP contribution in [0.25, 0.3) is 0 Å². The summed E-state index contributed by atoms with van der Waals surface area (Å²) in [7, 11) is -2.75. The molecule has 108 valence electrons. The largest absolute Gasteiger partial charge is 0.284 e. The zero-order valence-electron chi connectivity index (χ0n) is 10.3. The topological polar surface area (TPSA) is 83.6 Å². The Hall–Kier alpha value is -1.32. The summed E-state index contributed by atoms with van der Waals surface area (Å²) >= 11 is 2.95. The van der Waals surface area contributed by atoms with E-state index in [4.69, 9.17) is 0 Å². The lowest BCUT2D eigenvalue weighted by atomic mass is 10.3. The number of likely N-dealkylation sites (N-methyl/N-ethyl adjacent to an activating group) is 1. The molecule has 1 aliphatic heterocycles. The Bertz CT molecular complexity index is 692. The van der Waals surface area contributed by atoms with E-state index in [9.17, 15) is 22.4 Å². The number of carbonyl (C=O) groups is 2. The van der Waals surface area contributed by atoms with Gasteiger partial charge in [0.25, 0.3) is 0 Å². The van der Waals surface area contributed by atoms with Crippen LogP contribution in [0, 0.1) is 5.82 Å². The Kier molecular flexibility index (Phi) is 3.94. The number of nitrogens with zero attached hydrogens (tertiary/aromatic N) is 1. The summed E-state index contributed by atoms with van der Waals surface area (Å²) in [6, 6.07) is 1.94. The van der Waals surface area contributed by atoms with Crippen LogP contribution in [0.2, 0.25) is 0 Å². The molecule has 1 saturated heterocycles. The highest BCUT2D eigenvalue weighted by molar-refractivity contribution is 9.10. The third kappa shape index (κ3) is 2.74. The van der Waals surface area contributed by atoms with Crippen LogP contribution in [0.1, 0.15) is 6.42 Å². The van der Waals surface area contributed by atoms with Gasteiger partial charge in [0.05, 0.1) is 11.3 Å². The molecule has 2 amide bonds. The first-order valence-electron chi connectivity index (χ1n) is 5.50. The molecule has 6 nitrogen and oxygen atoms in total. The van der Waals surface area contributed by atoms with Gasteiger partial charge in [0, 0.05) is 11.5 Å². The van der Waals surface area contributed by atoms with E-state index in [0.717, 1.165) is 23.1 Å². The Morgan fingerprint density at radius 3 is 2.55 bits per heavy atom. The molecule has 1 aromatic carbocycles. The second-order valence-corrected chi connectivity index (χ2v) is 6.78. The van der Waals surface area contributed by atoms with Crippen molar-refractivity contribution >= 4 is 37.8 Å². The maximum atomic E-state index is 13.0. The molecule has 1 fully saturated rings. The summed E-state index contributed by atoms with van der Waals surface area (Å²) in [5.74, 6) is -1.67. The molecule has 1 heterocycles. The number of halogens is 2. The van der Waals surface area contributed by atoms with Gasteiger partial charge in [-0.25, -0.2) is 12.8 Å². The molecular weight excluding hydrogens is 355 g/mol. The maximum absolute atomic E-state index is 13.0. The molecule has 0 saturated carbocycles. The molecule has 1 atom stereocenters. The van der Waals surface area contributed by atoms with Gasteiger partial charge in [-0.1, -0.05) is 0 Å². The summed E-state index contributed by atoms with van der Waals surface area (Å²) in [4.78, 5) is 23.7. The van der Waals surface area contributed by atoms with E-state index in [1.807, 2.05) is 0 Å². The van der Waals surface area contributed by atoms with Gasteiger partial charge in [-0.15, -0.1) is 0 Å². The molecule has 0 aliphatic carbocycles. The third-order valence-electron chi connectivity index (χ3n) is 2.86. The van der Waals surface area contributed by atoms with Gasteiger partial charge in [0.2, 0.25) is 21.8 Å². The zero-order valence-corrected chi connectivity index (χ0v) is 12.7. The van der Waals surface area contributed by atoms with E-state index in [1.54, 1.807) is 0 Å². The SMILES string of the molecule is CN1C(=O)CC(NS(=O)(=O)c2ccc(F)cc2Br)C1=O. The number of imide groups is 1. The molecule has 1 unspecified atom stereocenters. The van der Waals surface area contributed by atoms with Crippen LogP contribution in [0.5, 0.6) is 0 Å². The van der Waals surface area contributed by atoms with Crippen molar-refractivity contribution in [2.75, 3.05) is 7.05 Å². The average molecular weight is 365 g/mol. The first kappa shape index (κ1) is 15.1. The predicted molar refractivity (Wildman–Crippen MR) is 70.6 cm³/mol. The van der Waals surface area contributed by atoms with Gasteiger partial charge in [0.15, 0.2) is 0 Å². The smallest absolute Gasteiger partial charge is 0.247 e. The minimum atomic E-state index is -4.03. The number of likely N-dealkylation sites (tertiary alicyclic amines) is 1. The van der Waals surface area contributed by atoms with Crippen molar-refractivity contribution in [3.63, 3.8) is 0 Å². The highest BCUT2D eigenvalue weighted by Gasteiger charge is 2.39. The van der Waals surface area contributed by atoms with Crippen LogP contribution in [-0.2, 0) is 19.6 Å². The van der Waals surface area contributed by atoms with Crippen LogP contribution < -0.4 is 4.72 Å². The number of hydrogen-bond acceptors (Lipinski definition) is 4. The van der Waals surface area contributed by atoms with Crippen molar-refractivity contribution in [3.8, 4) is 0 Å². The lowest BCUT2D eigenvalue weighted by molar-refractivity contribution is -0.137. The molecule has 1 N–H and O–H groups in total. The van der Waals surface area contributed by atoms with E-state index in [-0.39, 0.29) is 15.8 Å². The Morgan fingerprint density at radius 2 is 2.05 bits per heavy atom. The summed E-state index contributed by atoms with van der Waals surface area (Å²) in [5.41, 5.74) is 0. The van der Waals surface area contributed by atoms with Crippen molar-refractivity contribution in [1.82, 2.24) is 9.62 Å². The zero-order chi connectivity index (χ0) is 15.1. The highest BCUT2D eigenvalue weighted by Crippen LogP contribution is 2.24. The third-order valence-corrected chi connectivity index (χ3v) is 5.31. The molecule has 1 aromatic rings. The Labute approximate surface area is 123 Å². The molecule has 0 spiro atoms. The number of sulfonamides is 1. The number of carbonyl (C=O) groups excluding carboxylic acids is 2. The van der Waals surface area contributed by atoms with E-state index in [2.05, 4.69) is 20.7 Å². The lowest BCUT2D eigenvalue weighted by Gasteiger charge is -2.12. The number of hydrogen-bond donors (Lipinski definition) is 1. The maximum Gasteiger partial charge on any atom is 0.247 e. The fourth-order valence-electron chi connectivity index (χ4n) is 1.79. The fraction of sp³-hybridized carbons (Fsp3) is 0.273. The van der Waals surface area contributed by atoms with Gasteiger partial charge < -0.3 is 0 Å². The fourth-order valence-corrected chi connectivity index (χ4v) is 4.03. The van der Waals surface area contributed by atoms with Crippen molar-refractivity contribution in [3.05, 3.63) is 28.5 Å². The second kappa shape index (κ2) is 5.23. The molecular formula is C11H10BrFN2O4S. The predicted octanol–water partition coefficient (Wildman–Crippen LogP) is 0.624. The highest BCUT2D eigenvalue weighted by atomic mass is 79.9. The number of rotatable bonds is 3. The van der Waals surface area contributed by atoms with Crippen molar-refractivity contribution in [2.24, 2.45) is 0 Å². The van der Waals surface area contributed by atoms with Gasteiger partial charge in [-0.05, 0) is 34.1 Å². The molecule has 0 radical (unpaired) electrons. The molecule has 20 heavy (non-hydrogen) atoms. The standard InChI is InChI=1S/C11H10BrFN2O4S/c1-15-10(16)5-8(11(15)17)14-20(18,19)9-3-2-6(13)4-7(9)12/h2-4,8,14H,5H2,1H3. The van der Waals surface area contributed by atoms with E-state index >= 15 is 0 Å². The molecule has 0 aromatic heterocycles. The first-order valence-corrected chi connectivity index (χ1v) is 7.78. The number of nitrogens with one attached hydrogen (secondary N) is 1. The van der Waals surface area contributed by atoms with Crippen LogP contribution in [0.4, 0.5) is 4.39 Å². The van der Waals surface area contributed by atoms with Gasteiger partial charge >= 0.3 is 0 Å². The summed E-state index contributed by atoms with van der Waals surface area (Å²) in [6.07, 6.45) is -0.229. The quantitative estimate of drug-likeness (QED) is 0.797. The molecule has 0 bridgehead atoms. The monoisotopic (exact) mass is 364 g/mol. The second-order valence-electron chi connectivity index (χ2n) is 4.24. The van der Waals surface area contributed by atoms with Gasteiger partial charge in [-0.3, -0.25) is 14.5 Å². The lowest BCUT2D eigenvalue weighted by Crippen LogP contribution is -2.40. The number of amides is 2. The summed E-state index contributed by atoms with van der Waals surface area (Å²) < 4.78 is 39.4. The minimum absolute atomic E-state index is 0.0372. The normalized spacial score (nSPS) is 19.8. The Balaban J connectivity index is 2.28. The molecule has 9 heteroatoms. The van der Waals surface area contributed by atoms with Crippen molar-refractivity contribution in [1.29, 1.82) is 0 Å². The number of benzene rings is 1. The van der Waals surface area contributed by atoms with Gasteiger partial charge in [-0.2, -0.15) is 4.72 Å². The van der Waals surface area contributed by atoms with Crippen LogP contribution >= 0.6 is 15.9 Å². The summed E-state index contributed by atoms with van der Waals surface area (Å²) in [5, 5.41) is 0. The summed E-state index contributed by atoms with van der Waals surface area (Å²) in [6.45, 7) is 0. The van der Waals surface area contributed by atoms with Gasteiger partial charge in [0.1, 0.15) is 11.9 Å². The van der Waals surface area contributed by atoms with Crippen LogP contribution in [-0.4, -0.2) is 38.2 Å². The molecule has 2 rings (SSSR count). The Morgan fingerprint density at radius 1 is 1.40 bits per heavy atom. The average Bonchev–Trinajstić information content (AvgIpc) is 2.56. The molecule has 1 aliphatic rings. The van der Waals surface area contributed by atoms with Crippen LogP contribution in [0.3, 0.4) is 0 Å². The van der Waals surface area contributed by atoms with E-state index < -0.39 is 33.7 Å².